The van der Waals surface area contributed by atoms with Crippen LogP contribution < -0.4 is 4.90 Å². The molecule has 7 heteroatoms. The van der Waals surface area contributed by atoms with Crippen LogP contribution in [0.25, 0.3) is 0 Å². The van der Waals surface area contributed by atoms with E-state index in [9.17, 15) is 0 Å². The van der Waals surface area contributed by atoms with E-state index < -0.39 is 0 Å². The summed E-state index contributed by atoms with van der Waals surface area (Å²) in [7, 11) is 0. The molecule has 1 aliphatic heterocycles. The average Bonchev–Trinajstić information content (AvgIpc) is 2.95. The van der Waals surface area contributed by atoms with Crippen LogP contribution in [-0.4, -0.2) is 31.7 Å². The second-order valence-corrected chi connectivity index (χ2v) is 7.09. The van der Waals surface area contributed by atoms with Gasteiger partial charge in [0, 0.05) is 23.4 Å². The first-order valence-electron chi connectivity index (χ1n) is 7.33. The van der Waals surface area contributed by atoms with Crippen molar-refractivity contribution in [3.63, 3.8) is 0 Å². The van der Waals surface area contributed by atoms with Crippen LogP contribution in [0.3, 0.4) is 0 Å². The van der Waals surface area contributed by atoms with Gasteiger partial charge in [-0.1, -0.05) is 5.10 Å². The number of tetrazole rings is 1. The van der Waals surface area contributed by atoms with Crippen LogP contribution in [0.5, 0.6) is 0 Å². The fourth-order valence-corrected chi connectivity index (χ4v) is 3.45. The molecule has 6 nitrogen and oxygen atoms in total. The Morgan fingerprint density at radius 1 is 1.33 bits per heavy atom. The molecule has 110 valence electrons. The van der Waals surface area contributed by atoms with Gasteiger partial charge in [0.2, 0.25) is 5.95 Å². The molecule has 0 amide bonds. The van der Waals surface area contributed by atoms with Crippen molar-refractivity contribution in [3.8, 4) is 0 Å². The molecule has 2 fully saturated rings. The first kappa shape index (κ1) is 13.2. The predicted molar refractivity (Wildman–Crippen MR) is 82.0 cm³/mol. The molecular formula is C14H17BrN6. The minimum Gasteiger partial charge on any atom is -0.333 e. The fraction of sp³-hybridized carbons (Fsp3) is 0.571. The van der Waals surface area contributed by atoms with E-state index in [2.05, 4.69) is 54.3 Å². The predicted octanol–water partition coefficient (Wildman–Crippen LogP) is 2.68. The molecule has 0 radical (unpaired) electrons. The van der Waals surface area contributed by atoms with Gasteiger partial charge in [0.05, 0.1) is 11.6 Å². The summed E-state index contributed by atoms with van der Waals surface area (Å²) in [5, 5.41) is 12.4. The lowest BCUT2D eigenvalue weighted by Gasteiger charge is -2.26. The Morgan fingerprint density at radius 3 is 2.95 bits per heavy atom. The monoisotopic (exact) mass is 348 g/mol. The van der Waals surface area contributed by atoms with Crippen LogP contribution in [0.1, 0.15) is 44.2 Å². The Labute approximate surface area is 131 Å². The number of hydrogen-bond acceptors (Lipinski definition) is 5. The van der Waals surface area contributed by atoms with Gasteiger partial charge in [0.15, 0.2) is 0 Å². The van der Waals surface area contributed by atoms with Gasteiger partial charge >= 0.3 is 0 Å². The summed E-state index contributed by atoms with van der Waals surface area (Å²) in [6.45, 7) is 3.21. The van der Waals surface area contributed by atoms with Crippen LogP contribution in [-0.2, 0) is 5.54 Å². The highest BCUT2D eigenvalue weighted by Gasteiger charge is 2.44. The molecule has 0 aromatic carbocycles. The van der Waals surface area contributed by atoms with Crippen molar-refractivity contribution in [2.75, 3.05) is 11.4 Å². The van der Waals surface area contributed by atoms with Gasteiger partial charge in [-0.2, -0.15) is 0 Å². The normalized spacial score (nSPS) is 23.5. The molecule has 1 atom stereocenters. The maximum atomic E-state index is 4.30. The molecule has 1 saturated carbocycles. The molecule has 2 aliphatic rings. The van der Waals surface area contributed by atoms with Crippen molar-refractivity contribution in [1.29, 1.82) is 0 Å². The third-order valence-corrected chi connectivity index (χ3v) is 4.99. The second kappa shape index (κ2) is 4.76. The average molecular weight is 349 g/mol. The largest absolute Gasteiger partial charge is 0.333 e. The smallest absolute Gasteiger partial charge is 0.246 e. The van der Waals surface area contributed by atoms with E-state index in [1.165, 1.54) is 5.56 Å². The fourth-order valence-electron chi connectivity index (χ4n) is 3.07. The van der Waals surface area contributed by atoms with Crippen molar-refractivity contribution in [1.82, 2.24) is 25.2 Å². The van der Waals surface area contributed by atoms with Crippen molar-refractivity contribution in [2.45, 2.75) is 44.2 Å². The molecule has 3 heterocycles. The van der Waals surface area contributed by atoms with Crippen molar-refractivity contribution < 1.29 is 0 Å². The van der Waals surface area contributed by atoms with E-state index in [0.29, 0.717) is 6.04 Å². The minimum atomic E-state index is 0.113. The second-order valence-electron chi connectivity index (χ2n) is 6.18. The highest BCUT2D eigenvalue weighted by atomic mass is 79.9. The summed E-state index contributed by atoms with van der Waals surface area (Å²) >= 11 is 3.51. The van der Waals surface area contributed by atoms with Gasteiger partial charge in [-0.25, -0.2) is 4.68 Å². The van der Waals surface area contributed by atoms with Gasteiger partial charge in [-0.15, -0.1) is 0 Å². The summed E-state index contributed by atoms with van der Waals surface area (Å²) in [4.78, 5) is 6.62. The van der Waals surface area contributed by atoms with E-state index in [-0.39, 0.29) is 5.54 Å². The number of aromatic nitrogens is 5. The molecule has 1 unspecified atom stereocenters. The van der Waals surface area contributed by atoms with Gasteiger partial charge in [0.1, 0.15) is 0 Å². The molecule has 1 aliphatic carbocycles. The Morgan fingerprint density at radius 2 is 2.19 bits per heavy atom. The van der Waals surface area contributed by atoms with Gasteiger partial charge < -0.3 is 4.90 Å². The molecule has 1 saturated heterocycles. The first-order chi connectivity index (χ1) is 10.2. The van der Waals surface area contributed by atoms with Crippen molar-refractivity contribution in [3.05, 3.63) is 28.5 Å². The number of hydrogen-bond donors (Lipinski definition) is 0. The van der Waals surface area contributed by atoms with E-state index in [4.69, 9.17) is 0 Å². The zero-order valence-corrected chi connectivity index (χ0v) is 13.5. The van der Waals surface area contributed by atoms with Crippen LogP contribution in [0.4, 0.5) is 5.95 Å². The van der Waals surface area contributed by atoms with E-state index in [1.807, 2.05) is 17.1 Å². The summed E-state index contributed by atoms with van der Waals surface area (Å²) in [5.74, 6) is 0.900. The SMILES string of the molecule is CC1(n2nnnc2N2CCCC2c2cncc(Br)c2)CC1. The molecular weight excluding hydrogens is 332 g/mol. The van der Waals surface area contributed by atoms with Crippen molar-refractivity contribution in [2.24, 2.45) is 0 Å². The summed E-state index contributed by atoms with van der Waals surface area (Å²) < 4.78 is 3.03. The Kier molecular flexibility index (Phi) is 2.99. The van der Waals surface area contributed by atoms with E-state index >= 15 is 0 Å². The maximum absolute atomic E-state index is 4.30. The summed E-state index contributed by atoms with van der Waals surface area (Å²) in [5.41, 5.74) is 1.33. The molecule has 21 heavy (non-hydrogen) atoms. The van der Waals surface area contributed by atoms with Gasteiger partial charge in [0.25, 0.3) is 0 Å². The zero-order valence-electron chi connectivity index (χ0n) is 11.9. The van der Waals surface area contributed by atoms with Crippen LogP contribution in [0.15, 0.2) is 22.9 Å². The van der Waals surface area contributed by atoms with Gasteiger partial charge in [-0.05, 0) is 70.6 Å². The Balaban J connectivity index is 1.70. The Bertz CT molecular complexity index is 665. The first-order valence-corrected chi connectivity index (χ1v) is 8.13. The number of pyridine rings is 1. The lowest BCUT2D eigenvalue weighted by molar-refractivity contribution is 0.453. The van der Waals surface area contributed by atoms with E-state index in [0.717, 1.165) is 42.6 Å². The zero-order chi connectivity index (χ0) is 14.4. The Hall–Kier alpha value is -1.50. The number of rotatable bonds is 3. The molecule has 0 spiro atoms. The topological polar surface area (TPSA) is 59.7 Å². The number of halogens is 1. The number of nitrogens with zero attached hydrogens (tertiary/aromatic N) is 6. The highest BCUT2D eigenvalue weighted by molar-refractivity contribution is 9.10. The van der Waals surface area contributed by atoms with Crippen molar-refractivity contribution >= 4 is 21.9 Å². The molecule has 4 rings (SSSR count). The van der Waals surface area contributed by atoms with Gasteiger partial charge in [-0.3, -0.25) is 4.98 Å². The lowest BCUT2D eigenvalue weighted by atomic mass is 10.1. The van der Waals surface area contributed by atoms with Crippen LogP contribution in [0.2, 0.25) is 0 Å². The minimum absolute atomic E-state index is 0.113. The third kappa shape index (κ3) is 2.23. The maximum Gasteiger partial charge on any atom is 0.246 e. The lowest BCUT2D eigenvalue weighted by Crippen LogP contribution is -2.29. The third-order valence-electron chi connectivity index (χ3n) is 4.56. The number of anilines is 1. The van der Waals surface area contributed by atoms with Crippen LogP contribution in [0, 0.1) is 0 Å². The molecule has 0 N–H and O–H groups in total. The van der Waals surface area contributed by atoms with Crippen LogP contribution >= 0.6 is 15.9 Å². The summed E-state index contributed by atoms with van der Waals surface area (Å²) in [6, 6.07) is 2.45. The molecule has 2 aromatic rings. The quantitative estimate of drug-likeness (QED) is 0.853. The van der Waals surface area contributed by atoms with E-state index in [1.54, 1.807) is 0 Å². The molecule has 2 aromatic heterocycles. The standard InChI is InChI=1S/C14H17BrN6/c1-14(4-5-14)21-13(17-18-19-21)20-6-2-3-12(20)10-7-11(15)9-16-8-10/h7-9,12H,2-6H2,1H3. The summed E-state index contributed by atoms with van der Waals surface area (Å²) in [6.07, 6.45) is 8.34. The highest BCUT2D eigenvalue weighted by Crippen LogP contribution is 2.45. The molecule has 0 bridgehead atoms.